The topological polar surface area (TPSA) is 79.3 Å². The van der Waals surface area contributed by atoms with Crippen LogP contribution in [0, 0.1) is 0 Å². The number of aliphatic hydroxyl groups excluding tert-OH is 1. The van der Waals surface area contributed by atoms with Crippen LogP contribution in [-0.2, 0) is 16.4 Å². The molecular weight excluding hydrogens is 304 g/mol. The number of sulfonamides is 1. The molecule has 2 aromatic heterocycles. The van der Waals surface area contributed by atoms with Crippen molar-refractivity contribution in [2.75, 3.05) is 4.72 Å². The van der Waals surface area contributed by atoms with E-state index in [0.29, 0.717) is 5.69 Å². The lowest BCUT2D eigenvalue weighted by atomic mass is 10.3. The fourth-order valence-corrected chi connectivity index (χ4v) is 4.73. The number of anilines is 1. The molecule has 0 saturated carbocycles. The molecule has 2 heterocycles. The van der Waals surface area contributed by atoms with E-state index in [4.69, 9.17) is 0 Å². The Morgan fingerprint density at radius 2 is 2.21 bits per heavy atom. The summed E-state index contributed by atoms with van der Waals surface area (Å²) in [4.78, 5) is 5.05. The van der Waals surface area contributed by atoms with Gasteiger partial charge in [-0.3, -0.25) is 4.72 Å². The van der Waals surface area contributed by atoms with E-state index < -0.39 is 16.1 Å². The van der Waals surface area contributed by atoms with Crippen molar-refractivity contribution < 1.29 is 13.5 Å². The minimum Gasteiger partial charge on any atom is -0.387 e. The molecule has 0 aliphatic heterocycles. The van der Waals surface area contributed by atoms with Crippen LogP contribution in [0.3, 0.4) is 0 Å². The van der Waals surface area contributed by atoms with Gasteiger partial charge < -0.3 is 5.11 Å². The van der Waals surface area contributed by atoms with Gasteiger partial charge in [0.25, 0.3) is 10.0 Å². The van der Waals surface area contributed by atoms with Gasteiger partial charge in [-0.1, -0.05) is 6.92 Å². The lowest BCUT2D eigenvalue weighted by Crippen LogP contribution is -2.11. The van der Waals surface area contributed by atoms with E-state index in [1.165, 1.54) is 11.3 Å². The summed E-state index contributed by atoms with van der Waals surface area (Å²) in [6.07, 6.45) is 0.104. The van der Waals surface area contributed by atoms with Gasteiger partial charge >= 0.3 is 0 Å². The normalized spacial score (nSPS) is 13.4. The van der Waals surface area contributed by atoms with Gasteiger partial charge in [0.05, 0.1) is 11.8 Å². The van der Waals surface area contributed by atoms with Crippen molar-refractivity contribution in [2.24, 2.45) is 0 Å². The molecule has 8 heteroatoms. The fourth-order valence-electron chi connectivity index (χ4n) is 1.38. The molecule has 104 valence electrons. The van der Waals surface area contributed by atoms with Crippen molar-refractivity contribution in [1.82, 2.24) is 4.98 Å². The first-order chi connectivity index (χ1) is 8.92. The van der Waals surface area contributed by atoms with Gasteiger partial charge in [0, 0.05) is 10.3 Å². The number of aryl methyl sites for hydroxylation is 1. The molecule has 0 spiro atoms. The van der Waals surface area contributed by atoms with Gasteiger partial charge in [0.15, 0.2) is 5.13 Å². The summed E-state index contributed by atoms with van der Waals surface area (Å²) in [7, 11) is -3.58. The van der Waals surface area contributed by atoms with Gasteiger partial charge in [0.2, 0.25) is 0 Å². The van der Waals surface area contributed by atoms with E-state index in [-0.39, 0.29) is 9.34 Å². The molecule has 0 radical (unpaired) electrons. The van der Waals surface area contributed by atoms with Crippen molar-refractivity contribution in [3.63, 3.8) is 0 Å². The van der Waals surface area contributed by atoms with Crippen molar-refractivity contribution in [3.05, 3.63) is 28.1 Å². The van der Waals surface area contributed by atoms with Crippen LogP contribution < -0.4 is 4.72 Å². The van der Waals surface area contributed by atoms with E-state index in [2.05, 4.69) is 9.71 Å². The van der Waals surface area contributed by atoms with Crippen LogP contribution in [0.5, 0.6) is 0 Å². The average Bonchev–Trinajstić information content (AvgIpc) is 2.96. The van der Waals surface area contributed by atoms with Crippen LogP contribution in [0.15, 0.2) is 21.7 Å². The zero-order chi connectivity index (χ0) is 14.0. The summed E-state index contributed by atoms with van der Waals surface area (Å²) in [5.74, 6) is 0. The average molecular weight is 318 g/mol. The lowest BCUT2D eigenvalue weighted by molar-refractivity contribution is 0.195. The van der Waals surface area contributed by atoms with E-state index in [1.54, 1.807) is 18.4 Å². The third-order valence-corrected chi connectivity index (χ3v) is 6.39. The number of nitrogens with zero attached hydrogens (tertiary/aromatic N) is 1. The first kappa shape index (κ1) is 14.4. The van der Waals surface area contributed by atoms with E-state index in [0.717, 1.165) is 22.6 Å². The van der Waals surface area contributed by atoms with Crippen molar-refractivity contribution in [1.29, 1.82) is 0 Å². The van der Waals surface area contributed by atoms with Crippen LogP contribution in [0.1, 0.15) is 30.5 Å². The maximum atomic E-state index is 12.1. The fraction of sp³-hybridized carbons (Fsp3) is 0.364. The summed E-state index contributed by atoms with van der Waals surface area (Å²) < 4.78 is 26.9. The molecule has 2 aromatic rings. The minimum absolute atomic E-state index is 0.266. The highest BCUT2D eigenvalue weighted by molar-refractivity contribution is 7.94. The Morgan fingerprint density at radius 3 is 2.74 bits per heavy atom. The van der Waals surface area contributed by atoms with Crippen LogP contribution >= 0.6 is 22.7 Å². The van der Waals surface area contributed by atoms with Crippen molar-refractivity contribution in [2.45, 2.75) is 30.6 Å². The van der Waals surface area contributed by atoms with Crippen LogP contribution in [0.4, 0.5) is 5.13 Å². The monoisotopic (exact) mass is 318 g/mol. The maximum absolute atomic E-state index is 12.1. The molecular formula is C11H14N2O3S3. The molecule has 0 saturated heterocycles. The standard InChI is InChI=1S/C11H14N2O3S3/c1-3-8-4-5-10(18-8)19(15,16)13-11-12-9(6-17-11)7(2)14/h4-7,14H,3H2,1-2H3,(H,12,13). The Labute approximate surface area is 120 Å². The molecule has 1 atom stereocenters. The second kappa shape index (κ2) is 5.58. The van der Waals surface area contributed by atoms with Crippen molar-refractivity contribution in [3.8, 4) is 0 Å². The number of hydrogen-bond donors (Lipinski definition) is 2. The Kier molecular flexibility index (Phi) is 4.24. The van der Waals surface area contributed by atoms with Gasteiger partial charge in [-0.15, -0.1) is 22.7 Å². The first-order valence-electron chi connectivity index (χ1n) is 5.67. The van der Waals surface area contributed by atoms with E-state index in [1.807, 2.05) is 13.0 Å². The van der Waals surface area contributed by atoms with Gasteiger partial charge in [-0.05, 0) is 25.5 Å². The summed E-state index contributed by atoms with van der Waals surface area (Å²) in [6.45, 7) is 3.56. The predicted molar refractivity (Wildman–Crippen MR) is 77.3 cm³/mol. The highest BCUT2D eigenvalue weighted by atomic mass is 32.2. The largest absolute Gasteiger partial charge is 0.387 e. The third kappa shape index (κ3) is 3.33. The SMILES string of the molecule is CCc1ccc(S(=O)(=O)Nc2nc(C(C)O)cs2)s1. The summed E-state index contributed by atoms with van der Waals surface area (Å²) in [5.41, 5.74) is 0.461. The number of thiophene rings is 1. The molecule has 19 heavy (non-hydrogen) atoms. The zero-order valence-corrected chi connectivity index (χ0v) is 12.9. The minimum atomic E-state index is -3.58. The quantitative estimate of drug-likeness (QED) is 0.888. The van der Waals surface area contributed by atoms with Gasteiger partial charge in [-0.2, -0.15) is 0 Å². The first-order valence-corrected chi connectivity index (χ1v) is 8.85. The number of aromatic nitrogens is 1. The van der Waals surface area contributed by atoms with Crippen LogP contribution in [0.2, 0.25) is 0 Å². The molecule has 1 unspecified atom stereocenters. The highest BCUT2D eigenvalue weighted by Crippen LogP contribution is 2.26. The molecule has 2 N–H and O–H groups in total. The Bertz CT molecular complexity index is 658. The van der Waals surface area contributed by atoms with Crippen LogP contribution in [-0.4, -0.2) is 18.5 Å². The van der Waals surface area contributed by atoms with Gasteiger partial charge in [0.1, 0.15) is 4.21 Å². The molecule has 0 bridgehead atoms. The molecule has 0 aliphatic carbocycles. The lowest BCUT2D eigenvalue weighted by Gasteiger charge is -2.02. The number of thiazole rings is 1. The highest BCUT2D eigenvalue weighted by Gasteiger charge is 2.19. The Hall–Kier alpha value is -0.960. The Morgan fingerprint density at radius 1 is 1.47 bits per heavy atom. The maximum Gasteiger partial charge on any atom is 0.273 e. The summed E-state index contributed by atoms with van der Waals surface area (Å²) in [6, 6.07) is 3.40. The number of rotatable bonds is 5. The number of hydrogen-bond acceptors (Lipinski definition) is 6. The van der Waals surface area contributed by atoms with Gasteiger partial charge in [-0.25, -0.2) is 13.4 Å². The van der Waals surface area contributed by atoms with Crippen LogP contribution in [0.25, 0.3) is 0 Å². The second-order valence-electron chi connectivity index (χ2n) is 3.93. The van der Waals surface area contributed by atoms with E-state index in [9.17, 15) is 13.5 Å². The number of nitrogens with one attached hydrogen (secondary N) is 1. The molecule has 5 nitrogen and oxygen atoms in total. The molecule has 2 rings (SSSR count). The molecule has 0 amide bonds. The molecule has 0 aromatic carbocycles. The van der Waals surface area contributed by atoms with Crippen molar-refractivity contribution >= 4 is 37.8 Å². The second-order valence-corrected chi connectivity index (χ2v) is 7.87. The smallest absolute Gasteiger partial charge is 0.273 e. The van der Waals surface area contributed by atoms with E-state index >= 15 is 0 Å². The predicted octanol–water partition coefficient (Wildman–Crippen LogP) is 2.62. The summed E-state index contributed by atoms with van der Waals surface area (Å²) in [5, 5.41) is 11.3. The summed E-state index contributed by atoms with van der Waals surface area (Å²) >= 11 is 2.40. The number of aliphatic hydroxyl groups is 1. The molecule has 0 aliphatic rings. The Balaban J connectivity index is 2.20. The zero-order valence-electron chi connectivity index (χ0n) is 10.5. The molecule has 0 fully saturated rings. The third-order valence-electron chi connectivity index (χ3n) is 2.42.